The molecule has 32 heavy (non-hydrogen) atoms. The van der Waals surface area contributed by atoms with Crippen LogP contribution in [0.4, 0.5) is 10.5 Å². The van der Waals surface area contributed by atoms with E-state index in [2.05, 4.69) is 15.3 Å². The van der Waals surface area contributed by atoms with E-state index in [4.69, 9.17) is 0 Å². The molecule has 174 valence electrons. The minimum Gasteiger partial charge on any atom is -0.465 e. The summed E-state index contributed by atoms with van der Waals surface area (Å²) in [6.07, 6.45) is 7.26. The number of piperidine rings is 1. The van der Waals surface area contributed by atoms with Crippen LogP contribution in [0.15, 0.2) is 30.6 Å². The number of rotatable bonds is 5. The number of carbonyl (C=O) groups excluding carboxylic acids is 1. The van der Waals surface area contributed by atoms with E-state index in [-0.39, 0.29) is 30.4 Å². The summed E-state index contributed by atoms with van der Waals surface area (Å²) in [6.45, 7) is 7.68. The van der Waals surface area contributed by atoms with Gasteiger partial charge in [-0.15, -0.1) is 12.4 Å². The van der Waals surface area contributed by atoms with Crippen LogP contribution in [0, 0.1) is 0 Å². The summed E-state index contributed by atoms with van der Waals surface area (Å²) < 4.78 is 1.97. The maximum Gasteiger partial charge on any atom is 0.405 e. The summed E-state index contributed by atoms with van der Waals surface area (Å²) in [5.41, 5.74) is 3.56. The molecule has 8 nitrogen and oxygen atoms in total. The van der Waals surface area contributed by atoms with Gasteiger partial charge in [0.1, 0.15) is 0 Å². The predicted octanol–water partition coefficient (Wildman–Crippen LogP) is 3.91. The van der Waals surface area contributed by atoms with Crippen LogP contribution in [0.5, 0.6) is 0 Å². The van der Waals surface area contributed by atoms with Crippen molar-refractivity contribution in [2.45, 2.75) is 58.2 Å². The largest absolute Gasteiger partial charge is 0.465 e. The van der Waals surface area contributed by atoms with Crippen LogP contribution in [0.25, 0.3) is 11.1 Å². The number of benzene rings is 1. The van der Waals surface area contributed by atoms with E-state index in [1.165, 1.54) is 32.4 Å². The van der Waals surface area contributed by atoms with Crippen molar-refractivity contribution in [3.05, 3.63) is 36.2 Å². The van der Waals surface area contributed by atoms with Crippen molar-refractivity contribution in [1.82, 2.24) is 20.0 Å². The summed E-state index contributed by atoms with van der Waals surface area (Å²) >= 11 is 0. The van der Waals surface area contributed by atoms with Gasteiger partial charge in [0.25, 0.3) is 0 Å². The van der Waals surface area contributed by atoms with Crippen molar-refractivity contribution >= 4 is 30.1 Å². The number of carboxylic acid groups (broad SMARTS) is 1. The Morgan fingerprint density at radius 1 is 1.16 bits per heavy atom. The van der Waals surface area contributed by atoms with Crippen LogP contribution in [-0.4, -0.2) is 57.5 Å². The van der Waals surface area contributed by atoms with Crippen molar-refractivity contribution in [2.24, 2.45) is 0 Å². The molecule has 0 radical (unpaired) electrons. The van der Waals surface area contributed by atoms with E-state index in [1.54, 1.807) is 11.8 Å². The zero-order valence-electron chi connectivity index (χ0n) is 18.7. The number of nitrogens with zero attached hydrogens (tertiary/aromatic N) is 4. The monoisotopic (exact) mass is 461 g/mol. The van der Waals surface area contributed by atoms with Gasteiger partial charge < -0.3 is 20.2 Å². The number of anilines is 1. The number of nitrogens with one attached hydrogen (secondary N) is 1. The lowest BCUT2D eigenvalue weighted by molar-refractivity contribution is -0.117. The Morgan fingerprint density at radius 2 is 1.91 bits per heavy atom. The smallest absolute Gasteiger partial charge is 0.405 e. The summed E-state index contributed by atoms with van der Waals surface area (Å²) in [7, 11) is 0. The normalized spacial score (nSPS) is 20.9. The highest BCUT2D eigenvalue weighted by atomic mass is 35.5. The number of amides is 2. The van der Waals surface area contributed by atoms with Gasteiger partial charge in [-0.25, -0.2) is 4.79 Å². The maximum atomic E-state index is 12.2. The first-order valence-electron chi connectivity index (χ1n) is 11.1. The molecule has 2 aromatic rings. The van der Waals surface area contributed by atoms with Gasteiger partial charge in [0.15, 0.2) is 0 Å². The quantitative estimate of drug-likeness (QED) is 0.704. The molecule has 3 heterocycles. The predicted molar refractivity (Wildman–Crippen MR) is 126 cm³/mol. The number of carbonyl (C=O) groups is 2. The molecule has 1 fully saturated rings. The molecule has 0 saturated carbocycles. The fourth-order valence-corrected chi connectivity index (χ4v) is 4.87. The lowest BCUT2D eigenvalue weighted by Gasteiger charge is -2.39. The number of hydrogen-bond donors (Lipinski definition) is 2. The minimum atomic E-state index is -1.06. The van der Waals surface area contributed by atoms with Gasteiger partial charge in [0.2, 0.25) is 5.91 Å². The average Bonchev–Trinajstić information content (AvgIpc) is 3.21. The van der Waals surface area contributed by atoms with Gasteiger partial charge in [-0.05, 0) is 62.5 Å². The molecule has 2 atom stereocenters. The number of halogens is 1. The molecular weight excluding hydrogens is 430 g/mol. The Bertz CT molecular complexity index is 957. The van der Waals surface area contributed by atoms with Gasteiger partial charge in [-0.1, -0.05) is 12.5 Å². The second-order valence-corrected chi connectivity index (χ2v) is 8.64. The van der Waals surface area contributed by atoms with Crippen LogP contribution >= 0.6 is 12.4 Å². The van der Waals surface area contributed by atoms with Crippen molar-refractivity contribution in [2.75, 3.05) is 24.5 Å². The summed E-state index contributed by atoms with van der Waals surface area (Å²) in [4.78, 5) is 27.8. The van der Waals surface area contributed by atoms with Gasteiger partial charge >= 0.3 is 6.09 Å². The minimum absolute atomic E-state index is 0. The summed E-state index contributed by atoms with van der Waals surface area (Å²) in [6, 6.07) is 5.46. The van der Waals surface area contributed by atoms with Crippen molar-refractivity contribution in [3.63, 3.8) is 0 Å². The fourth-order valence-electron chi connectivity index (χ4n) is 4.87. The highest BCUT2D eigenvalue weighted by molar-refractivity contribution is 5.94. The number of aromatic nitrogens is 2. The molecule has 1 aromatic carbocycles. The van der Waals surface area contributed by atoms with Crippen molar-refractivity contribution < 1.29 is 14.7 Å². The Hall–Kier alpha value is -2.58. The molecule has 1 saturated heterocycles. The second kappa shape index (κ2) is 10.4. The molecule has 2 N–H and O–H groups in total. The third-order valence-electron chi connectivity index (χ3n) is 6.38. The standard InChI is InChI=1S/C23H31N5O3.ClH/c1-16-12-21(25-23(30)31)20-13-18(6-7-22(20)28(16)17(2)29)19-14-24-27(15-19)11-10-26-8-4-3-5-9-26;/h6-7,13-16,21,25H,3-5,8-12H2,1-2H3,(H,30,31);1H/t16-,21+;/m1./s1. The molecule has 9 heteroatoms. The third kappa shape index (κ3) is 5.24. The molecule has 0 bridgehead atoms. The highest BCUT2D eigenvalue weighted by Gasteiger charge is 2.33. The zero-order valence-corrected chi connectivity index (χ0v) is 19.5. The van der Waals surface area contributed by atoms with Crippen molar-refractivity contribution in [1.29, 1.82) is 0 Å². The topological polar surface area (TPSA) is 90.7 Å². The van der Waals surface area contributed by atoms with Gasteiger partial charge in [-0.2, -0.15) is 5.10 Å². The SMILES string of the molecule is CC(=O)N1c2ccc(-c3cnn(CCN4CCCCC4)c3)cc2[C@@H](NC(=O)O)C[C@H]1C.Cl. The Morgan fingerprint density at radius 3 is 2.59 bits per heavy atom. The van der Waals surface area contributed by atoms with Crippen LogP contribution < -0.4 is 10.2 Å². The molecule has 2 aliphatic heterocycles. The second-order valence-electron chi connectivity index (χ2n) is 8.64. The van der Waals surface area contributed by atoms with E-state index in [0.29, 0.717) is 6.42 Å². The van der Waals surface area contributed by atoms with E-state index in [9.17, 15) is 14.7 Å². The Balaban J connectivity index is 0.00000289. The molecule has 2 aliphatic rings. The molecule has 2 amide bonds. The molecule has 0 unspecified atom stereocenters. The Labute approximate surface area is 195 Å². The lowest BCUT2D eigenvalue weighted by Crippen LogP contribution is -2.45. The van der Waals surface area contributed by atoms with Gasteiger partial charge in [-0.3, -0.25) is 9.48 Å². The molecule has 4 rings (SSSR count). The molecule has 0 spiro atoms. The lowest BCUT2D eigenvalue weighted by atomic mass is 9.89. The van der Waals surface area contributed by atoms with E-state index < -0.39 is 6.09 Å². The van der Waals surface area contributed by atoms with Gasteiger partial charge in [0.05, 0.1) is 18.8 Å². The average molecular weight is 462 g/mol. The Kier molecular flexibility index (Phi) is 7.79. The highest BCUT2D eigenvalue weighted by Crippen LogP contribution is 2.39. The first kappa shape index (κ1) is 24.1. The maximum absolute atomic E-state index is 12.2. The molecule has 1 aromatic heterocycles. The van der Waals surface area contributed by atoms with Crippen molar-refractivity contribution in [3.8, 4) is 11.1 Å². The molecular formula is C23H32ClN5O3. The van der Waals surface area contributed by atoms with E-state index >= 15 is 0 Å². The number of hydrogen-bond acceptors (Lipinski definition) is 4. The number of likely N-dealkylation sites (tertiary alicyclic amines) is 1. The van der Waals surface area contributed by atoms with E-state index in [1.807, 2.05) is 42.2 Å². The molecule has 0 aliphatic carbocycles. The van der Waals surface area contributed by atoms with Crippen LogP contribution in [-0.2, 0) is 11.3 Å². The first-order chi connectivity index (χ1) is 14.9. The zero-order chi connectivity index (χ0) is 22.0. The number of fused-ring (bicyclic) bond motifs is 1. The third-order valence-corrected chi connectivity index (χ3v) is 6.38. The van der Waals surface area contributed by atoms with E-state index in [0.717, 1.165) is 35.5 Å². The van der Waals surface area contributed by atoms with Crippen LogP contribution in [0.1, 0.15) is 51.1 Å². The first-order valence-corrected chi connectivity index (χ1v) is 11.1. The van der Waals surface area contributed by atoms with Crippen LogP contribution in [0.3, 0.4) is 0 Å². The summed E-state index contributed by atoms with van der Waals surface area (Å²) in [5.74, 6) is -0.0409. The summed E-state index contributed by atoms with van der Waals surface area (Å²) in [5, 5.41) is 16.4. The fraction of sp³-hybridized carbons (Fsp3) is 0.522. The van der Waals surface area contributed by atoms with Gasteiger partial charge in [0, 0.05) is 37.0 Å². The van der Waals surface area contributed by atoms with Crippen LogP contribution in [0.2, 0.25) is 0 Å².